The lowest BCUT2D eigenvalue weighted by Gasteiger charge is -2.32. The first-order valence-electron chi connectivity index (χ1n) is 9.33. The van der Waals surface area contributed by atoms with Crippen molar-refractivity contribution >= 4 is 23.5 Å². The van der Waals surface area contributed by atoms with Gasteiger partial charge < -0.3 is 14.7 Å². The Hall–Kier alpha value is -2.53. The lowest BCUT2D eigenvalue weighted by Crippen LogP contribution is -2.38. The molecule has 2 aromatic rings. The number of nitrogens with zero attached hydrogens (tertiary/aromatic N) is 1. The van der Waals surface area contributed by atoms with Crippen LogP contribution in [-0.2, 0) is 4.79 Å². The Morgan fingerprint density at radius 3 is 2.14 bits per heavy atom. The second-order valence-corrected chi connectivity index (χ2v) is 8.00. The van der Waals surface area contributed by atoms with Crippen LogP contribution in [0.3, 0.4) is 0 Å². The molecule has 0 radical (unpaired) electrons. The van der Waals surface area contributed by atoms with Crippen LogP contribution in [0.15, 0.2) is 48.5 Å². The molecule has 0 unspecified atom stereocenters. The van der Waals surface area contributed by atoms with Crippen LogP contribution in [0, 0.1) is 0 Å². The zero-order valence-electron chi connectivity index (χ0n) is 16.0. The summed E-state index contributed by atoms with van der Waals surface area (Å²) < 4.78 is 5.55. The molecule has 0 atom stereocenters. The second kappa shape index (κ2) is 8.23. The van der Waals surface area contributed by atoms with Gasteiger partial charge >= 0.3 is 5.97 Å². The van der Waals surface area contributed by atoms with Gasteiger partial charge in [0.15, 0.2) is 5.60 Å². The zero-order chi connectivity index (χ0) is 20.3. The third-order valence-electron chi connectivity index (χ3n) is 5.11. The summed E-state index contributed by atoms with van der Waals surface area (Å²) in [5.41, 5.74) is 0.569. The van der Waals surface area contributed by atoms with Crippen LogP contribution in [-0.4, -0.2) is 40.6 Å². The average Bonchev–Trinajstić information content (AvgIpc) is 2.68. The van der Waals surface area contributed by atoms with Gasteiger partial charge in [-0.15, -0.1) is 0 Å². The Morgan fingerprint density at radius 2 is 1.61 bits per heavy atom. The van der Waals surface area contributed by atoms with Crippen LogP contribution in [0.1, 0.15) is 48.5 Å². The van der Waals surface area contributed by atoms with Gasteiger partial charge in [-0.1, -0.05) is 23.7 Å². The summed E-state index contributed by atoms with van der Waals surface area (Å²) in [5, 5.41) is 9.78. The second-order valence-electron chi connectivity index (χ2n) is 7.56. The van der Waals surface area contributed by atoms with E-state index in [-0.39, 0.29) is 5.91 Å². The summed E-state index contributed by atoms with van der Waals surface area (Å²) in [6.45, 7) is 4.46. The summed E-state index contributed by atoms with van der Waals surface area (Å²) in [5.74, 6) is -0.0635. The van der Waals surface area contributed by atoms with Crippen molar-refractivity contribution in [3.63, 3.8) is 0 Å². The van der Waals surface area contributed by atoms with Crippen LogP contribution in [0.4, 0.5) is 0 Å². The fraction of sp³-hybridized carbons (Fsp3) is 0.364. The summed E-state index contributed by atoms with van der Waals surface area (Å²) in [6, 6.07) is 14.6. The minimum Gasteiger partial charge on any atom is -0.478 e. The van der Waals surface area contributed by atoms with Crippen molar-refractivity contribution in [3.8, 4) is 5.75 Å². The minimum atomic E-state index is -1.27. The Balaban J connectivity index is 1.58. The summed E-state index contributed by atoms with van der Waals surface area (Å²) in [6.07, 6.45) is 1.78. The maximum atomic E-state index is 12.6. The van der Waals surface area contributed by atoms with Crippen LogP contribution < -0.4 is 4.74 Å². The average molecular weight is 402 g/mol. The Bertz CT molecular complexity index is 838. The number of rotatable bonds is 5. The highest BCUT2D eigenvalue weighted by molar-refractivity contribution is 6.30. The monoisotopic (exact) mass is 401 g/mol. The van der Waals surface area contributed by atoms with Crippen LogP contribution in [0.25, 0.3) is 0 Å². The molecule has 1 saturated heterocycles. The van der Waals surface area contributed by atoms with Gasteiger partial charge in [0.05, 0.1) is 0 Å². The van der Waals surface area contributed by atoms with Crippen LogP contribution in [0.5, 0.6) is 5.75 Å². The molecule has 148 valence electrons. The quantitative estimate of drug-likeness (QED) is 0.794. The summed E-state index contributed by atoms with van der Waals surface area (Å²) in [4.78, 5) is 25.7. The first-order valence-corrected chi connectivity index (χ1v) is 9.71. The number of aliphatic carboxylic acids is 1. The molecule has 0 spiro atoms. The van der Waals surface area contributed by atoms with E-state index < -0.39 is 11.6 Å². The highest BCUT2D eigenvalue weighted by atomic mass is 35.5. The largest absolute Gasteiger partial charge is 0.478 e. The van der Waals surface area contributed by atoms with E-state index in [9.17, 15) is 9.59 Å². The summed E-state index contributed by atoms with van der Waals surface area (Å²) >= 11 is 5.89. The topological polar surface area (TPSA) is 66.8 Å². The van der Waals surface area contributed by atoms with E-state index >= 15 is 0 Å². The number of piperidine rings is 1. The standard InChI is InChI=1S/C22H24ClNO4/c1-22(2,21(26)27)28-19-9-5-15(6-10-19)16-11-13-24(14-12-16)20(25)17-3-7-18(23)8-4-17/h3-10,16H,11-14H2,1-2H3,(H,26,27). The van der Waals surface area contributed by atoms with Crippen molar-refractivity contribution in [2.24, 2.45) is 0 Å². The number of hydrogen-bond donors (Lipinski definition) is 1. The Kier molecular flexibility index (Phi) is 5.94. The van der Waals surface area contributed by atoms with Gasteiger partial charge in [-0.3, -0.25) is 4.79 Å². The molecule has 28 heavy (non-hydrogen) atoms. The molecule has 1 N–H and O–H groups in total. The number of halogens is 1. The van der Waals surface area contributed by atoms with Gasteiger partial charge in [-0.25, -0.2) is 4.79 Å². The lowest BCUT2D eigenvalue weighted by molar-refractivity contribution is -0.152. The first kappa shape index (κ1) is 20.2. The zero-order valence-corrected chi connectivity index (χ0v) is 16.8. The number of carbonyl (C=O) groups is 2. The van der Waals surface area contributed by atoms with Crippen molar-refractivity contribution < 1.29 is 19.4 Å². The normalized spacial score (nSPS) is 15.3. The molecular formula is C22H24ClNO4. The van der Waals surface area contributed by atoms with E-state index in [0.29, 0.717) is 35.3 Å². The number of benzene rings is 2. The number of hydrogen-bond acceptors (Lipinski definition) is 3. The Labute approximate surface area is 169 Å². The number of ether oxygens (including phenoxy) is 1. The smallest absolute Gasteiger partial charge is 0.347 e. The van der Waals surface area contributed by atoms with E-state index in [1.165, 1.54) is 19.4 Å². The minimum absolute atomic E-state index is 0.0368. The molecule has 2 aromatic carbocycles. The maximum Gasteiger partial charge on any atom is 0.347 e. The van der Waals surface area contributed by atoms with Crippen molar-refractivity contribution in [1.82, 2.24) is 4.90 Å². The number of carboxylic acids is 1. The Morgan fingerprint density at radius 1 is 1.04 bits per heavy atom. The van der Waals surface area contributed by atoms with Crippen LogP contribution in [0.2, 0.25) is 5.02 Å². The predicted molar refractivity (Wildman–Crippen MR) is 108 cm³/mol. The van der Waals surface area contributed by atoms with Gasteiger partial charge in [0.25, 0.3) is 5.91 Å². The molecule has 0 saturated carbocycles. The molecule has 6 heteroatoms. The number of likely N-dealkylation sites (tertiary alicyclic amines) is 1. The maximum absolute atomic E-state index is 12.6. The molecular weight excluding hydrogens is 378 g/mol. The number of amides is 1. The molecule has 5 nitrogen and oxygen atoms in total. The highest BCUT2D eigenvalue weighted by Gasteiger charge is 2.29. The van der Waals surface area contributed by atoms with E-state index in [1.54, 1.807) is 24.3 Å². The molecule has 1 aliphatic heterocycles. The number of carboxylic acid groups (broad SMARTS) is 1. The molecule has 3 rings (SSSR count). The molecule has 1 fully saturated rings. The SMILES string of the molecule is CC(C)(Oc1ccc(C2CCN(C(=O)c3ccc(Cl)cc3)CC2)cc1)C(=O)O. The van der Waals surface area contributed by atoms with E-state index in [2.05, 4.69) is 0 Å². The molecule has 1 aliphatic rings. The molecule has 1 amide bonds. The highest BCUT2D eigenvalue weighted by Crippen LogP contribution is 2.30. The van der Waals surface area contributed by atoms with Crippen LogP contribution >= 0.6 is 11.6 Å². The molecule has 0 aromatic heterocycles. The van der Waals surface area contributed by atoms with Gasteiger partial charge in [0.1, 0.15) is 5.75 Å². The van der Waals surface area contributed by atoms with Crippen molar-refractivity contribution in [3.05, 3.63) is 64.7 Å². The van der Waals surface area contributed by atoms with Crippen molar-refractivity contribution in [2.45, 2.75) is 38.2 Å². The third kappa shape index (κ3) is 4.65. The van der Waals surface area contributed by atoms with Gasteiger partial charge in [-0.05, 0) is 74.6 Å². The first-order chi connectivity index (χ1) is 13.3. The van der Waals surface area contributed by atoms with E-state index in [1.807, 2.05) is 29.2 Å². The summed E-state index contributed by atoms with van der Waals surface area (Å²) in [7, 11) is 0. The van der Waals surface area contributed by atoms with Gasteiger partial charge in [-0.2, -0.15) is 0 Å². The third-order valence-corrected chi connectivity index (χ3v) is 5.36. The number of carbonyl (C=O) groups excluding carboxylic acids is 1. The molecule has 0 bridgehead atoms. The molecule has 1 heterocycles. The van der Waals surface area contributed by atoms with Crippen molar-refractivity contribution in [2.75, 3.05) is 13.1 Å². The van der Waals surface area contributed by atoms with Gasteiger partial charge in [0.2, 0.25) is 0 Å². The fourth-order valence-electron chi connectivity index (χ4n) is 3.34. The van der Waals surface area contributed by atoms with E-state index in [4.69, 9.17) is 21.4 Å². The molecule has 0 aliphatic carbocycles. The van der Waals surface area contributed by atoms with Gasteiger partial charge in [0, 0.05) is 23.7 Å². The lowest BCUT2D eigenvalue weighted by atomic mass is 9.89. The van der Waals surface area contributed by atoms with Crippen molar-refractivity contribution in [1.29, 1.82) is 0 Å². The van der Waals surface area contributed by atoms with E-state index in [0.717, 1.165) is 12.8 Å². The fourth-order valence-corrected chi connectivity index (χ4v) is 3.46. The predicted octanol–water partition coefficient (Wildman–Crippen LogP) is 4.60.